The van der Waals surface area contributed by atoms with Crippen molar-refractivity contribution in [3.8, 4) is 10.7 Å². The number of aromatic nitrogens is 2. The fourth-order valence-corrected chi connectivity index (χ4v) is 5.20. The predicted molar refractivity (Wildman–Crippen MR) is 123 cm³/mol. The van der Waals surface area contributed by atoms with Crippen molar-refractivity contribution in [1.82, 2.24) is 20.2 Å². The highest BCUT2D eigenvalue weighted by Gasteiger charge is 2.26. The lowest BCUT2D eigenvalue weighted by Gasteiger charge is -2.35. The van der Waals surface area contributed by atoms with E-state index in [-0.39, 0.29) is 11.9 Å². The Kier molecular flexibility index (Phi) is 4.97. The number of hydrogen-bond acceptors (Lipinski definition) is 5. The van der Waals surface area contributed by atoms with E-state index in [1.165, 1.54) is 0 Å². The van der Waals surface area contributed by atoms with E-state index in [1.54, 1.807) is 11.3 Å². The number of nitrogens with zero attached hydrogens (tertiary/aromatic N) is 3. The van der Waals surface area contributed by atoms with Gasteiger partial charge in [0.05, 0.1) is 21.3 Å². The molecule has 2 atom stereocenters. The first-order valence-corrected chi connectivity index (χ1v) is 11.2. The molecule has 1 aliphatic rings. The van der Waals surface area contributed by atoms with Gasteiger partial charge in [0.2, 0.25) is 0 Å². The lowest BCUT2D eigenvalue weighted by atomic mass is 9.93. The van der Waals surface area contributed by atoms with Crippen molar-refractivity contribution < 1.29 is 4.79 Å². The summed E-state index contributed by atoms with van der Waals surface area (Å²) in [6.45, 7) is 4.21. The van der Waals surface area contributed by atoms with Gasteiger partial charge in [-0.2, -0.15) is 0 Å². The van der Waals surface area contributed by atoms with Crippen molar-refractivity contribution in [2.75, 3.05) is 20.1 Å². The molecule has 3 heterocycles. The van der Waals surface area contributed by atoms with E-state index in [4.69, 9.17) is 9.97 Å². The maximum Gasteiger partial charge on any atom is 0.252 e. The van der Waals surface area contributed by atoms with Gasteiger partial charge in [0.25, 0.3) is 5.91 Å². The molecule has 2 unspecified atom stereocenters. The number of carbonyl (C=O) groups is 1. The molecule has 30 heavy (non-hydrogen) atoms. The average molecular weight is 417 g/mol. The van der Waals surface area contributed by atoms with E-state index in [2.05, 4.69) is 30.3 Å². The zero-order valence-corrected chi connectivity index (χ0v) is 17.9. The van der Waals surface area contributed by atoms with Crippen molar-refractivity contribution >= 4 is 38.4 Å². The Hall–Kier alpha value is -2.83. The zero-order chi connectivity index (χ0) is 20.7. The highest BCUT2D eigenvalue weighted by Crippen LogP contribution is 2.31. The van der Waals surface area contributed by atoms with Gasteiger partial charge in [0.15, 0.2) is 0 Å². The van der Waals surface area contributed by atoms with Crippen LogP contribution in [0.4, 0.5) is 0 Å². The number of fused-ring (bicyclic) bond motifs is 2. The van der Waals surface area contributed by atoms with Gasteiger partial charge in [-0.05, 0) is 50.2 Å². The molecule has 152 valence electrons. The number of benzene rings is 2. The summed E-state index contributed by atoms with van der Waals surface area (Å²) in [7, 11) is 2.13. The van der Waals surface area contributed by atoms with Crippen molar-refractivity contribution in [2.45, 2.75) is 19.4 Å². The minimum atomic E-state index is -0.0302. The molecule has 1 fully saturated rings. The van der Waals surface area contributed by atoms with Gasteiger partial charge >= 0.3 is 0 Å². The second kappa shape index (κ2) is 7.78. The molecule has 0 saturated carbocycles. The van der Waals surface area contributed by atoms with E-state index in [1.807, 2.05) is 48.5 Å². The van der Waals surface area contributed by atoms with Crippen LogP contribution in [0.15, 0.2) is 54.6 Å². The van der Waals surface area contributed by atoms with E-state index in [9.17, 15) is 4.79 Å². The summed E-state index contributed by atoms with van der Waals surface area (Å²) in [5.74, 6) is 0.391. The molecule has 1 saturated heterocycles. The molecular weight excluding hydrogens is 392 g/mol. The average Bonchev–Trinajstić information content (AvgIpc) is 3.19. The summed E-state index contributed by atoms with van der Waals surface area (Å²) in [6.07, 6.45) is 0.969. The van der Waals surface area contributed by atoms with Crippen LogP contribution in [0.5, 0.6) is 0 Å². The molecule has 1 amide bonds. The molecule has 5 nitrogen and oxygen atoms in total. The first kappa shape index (κ1) is 19.2. The van der Waals surface area contributed by atoms with Crippen LogP contribution in [-0.4, -0.2) is 47.0 Å². The van der Waals surface area contributed by atoms with Crippen molar-refractivity contribution in [3.63, 3.8) is 0 Å². The van der Waals surface area contributed by atoms with Crippen LogP contribution in [0.1, 0.15) is 23.7 Å². The summed E-state index contributed by atoms with van der Waals surface area (Å²) < 4.78 is 1.12. The number of piperidine rings is 1. The van der Waals surface area contributed by atoms with Crippen molar-refractivity contribution in [2.24, 2.45) is 5.92 Å². The molecule has 5 rings (SSSR count). The van der Waals surface area contributed by atoms with Crippen LogP contribution in [0.25, 0.3) is 31.8 Å². The molecule has 2 aromatic carbocycles. The van der Waals surface area contributed by atoms with Gasteiger partial charge in [-0.3, -0.25) is 4.79 Å². The summed E-state index contributed by atoms with van der Waals surface area (Å²) in [4.78, 5) is 25.2. The largest absolute Gasteiger partial charge is 0.349 e. The molecule has 6 heteroatoms. The standard InChI is InChI=1S/C24H24N4OS/c1-15-14-28(2)12-11-18(15)26-23(29)17-13-21(25-19-8-4-3-7-16(17)19)24-27-20-9-5-6-10-22(20)30-24/h3-10,13,15,18H,11-12,14H2,1-2H3,(H,26,29). The monoisotopic (exact) mass is 416 g/mol. The summed E-state index contributed by atoms with van der Waals surface area (Å²) in [6, 6.07) is 18.0. The van der Waals surface area contributed by atoms with Gasteiger partial charge in [0.1, 0.15) is 10.7 Å². The van der Waals surface area contributed by atoms with Gasteiger partial charge in [-0.15, -0.1) is 11.3 Å². The van der Waals surface area contributed by atoms with Gasteiger partial charge < -0.3 is 10.2 Å². The maximum absolute atomic E-state index is 13.3. The Morgan fingerprint density at radius 3 is 2.67 bits per heavy atom. The maximum atomic E-state index is 13.3. The number of hydrogen-bond donors (Lipinski definition) is 1. The quantitative estimate of drug-likeness (QED) is 0.531. The second-order valence-corrected chi connectivity index (χ2v) is 9.20. The minimum absolute atomic E-state index is 0.0302. The highest BCUT2D eigenvalue weighted by molar-refractivity contribution is 7.21. The predicted octanol–water partition coefficient (Wildman–Crippen LogP) is 4.58. The van der Waals surface area contributed by atoms with Crippen LogP contribution in [0.3, 0.4) is 0 Å². The van der Waals surface area contributed by atoms with Crippen molar-refractivity contribution in [1.29, 1.82) is 0 Å². The molecule has 1 N–H and O–H groups in total. The van der Waals surface area contributed by atoms with Crippen LogP contribution < -0.4 is 5.32 Å². The zero-order valence-electron chi connectivity index (χ0n) is 17.1. The fourth-order valence-electron chi connectivity index (χ4n) is 4.27. The molecule has 0 aliphatic carbocycles. The van der Waals surface area contributed by atoms with E-state index in [0.717, 1.165) is 51.3 Å². The smallest absolute Gasteiger partial charge is 0.252 e. The normalized spacial score (nSPS) is 19.9. The number of rotatable bonds is 3. The second-order valence-electron chi connectivity index (χ2n) is 8.17. The van der Waals surface area contributed by atoms with Crippen LogP contribution >= 0.6 is 11.3 Å². The number of amides is 1. The van der Waals surface area contributed by atoms with Crippen molar-refractivity contribution in [3.05, 3.63) is 60.2 Å². The number of pyridine rings is 1. The Morgan fingerprint density at radius 2 is 1.87 bits per heavy atom. The van der Waals surface area contributed by atoms with Crippen LogP contribution in [0, 0.1) is 5.92 Å². The third kappa shape index (κ3) is 3.57. The van der Waals surface area contributed by atoms with E-state index in [0.29, 0.717) is 11.5 Å². The Morgan fingerprint density at radius 1 is 1.10 bits per heavy atom. The Balaban J connectivity index is 1.54. The van der Waals surface area contributed by atoms with Crippen LogP contribution in [0.2, 0.25) is 0 Å². The summed E-state index contributed by atoms with van der Waals surface area (Å²) >= 11 is 1.60. The number of para-hydroxylation sites is 2. The Bertz CT molecular complexity index is 1200. The van der Waals surface area contributed by atoms with E-state index >= 15 is 0 Å². The van der Waals surface area contributed by atoms with Gasteiger partial charge in [-0.25, -0.2) is 9.97 Å². The fraction of sp³-hybridized carbons (Fsp3) is 0.292. The molecule has 0 bridgehead atoms. The SMILES string of the molecule is CC1CN(C)CCC1NC(=O)c1cc(-c2nc3ccccc3s2)nc2ccccc12. The molecule has 0 spiro atoms. The Labute approximate surface area is 179 Å². The molecule has 0 radical (unpaired) electrons. The summed E-state index contributed by atoms with van der Waals surface area (Å²) in [5.41, 5.74) is 3.19. The number of likely N-dealkylation sites (tertiary alicyclic amines) is 1. The lowest BCUT2D eigenvalue weighted by Crippen LogP contribution is -2.48. The van der Waals surface area contributed by atoms with Crippen LogP contribution in [-0.2, 0) is 0 Å². The first-order chi connectivity index (χ1) is 14.6. The topological polar surface area (TPSA) is 58.1 Å². The van der Waals surface area contributed by atoms with Gasteiger partial charge in [0, 0.05) is 18.0 Å². The number of thiazole rings is 1. The number of nitrogens with one attached hydrogen (secondary N) is 1. The molecular formula is C24H24N4OS. The molecule has 1 aliphatic heterocycles. The van der Waals surface area contributed by atoms with Gasteiger partial charge in [-0.1, -0.05) is 37.3 Å². The molecule has 2 aromatic heterocycles. The summed E-state index contributed by atoms with van der Waals surface area (Å²) in [5, 5.41) is 5.00. The highest BCUT2D eigenvalue weighted by atomic mass is 32.1. The number of carbonyl (C=O) groups excluding carboxylic acids is 1. The van der Waals surface area contributed by atoms with E-state index < -0.39 is 0 Å². The molecule has 4 aromatic rings. The third-order valence-electron chi connectivity index (χ3n) is 5.90. The lowest BCUT2D eigenvalue weighted by molar-refractivity contribution is 0.0885. The third-order valence-corrected chi connectivity index (χ3v) is 6.96. The minimum Gasteiger partial charge on any atom is -0.349 e. The first-order valence-electron chi connectivity index (χ1n) is 10.3.